The minimum atomic E-state index is -4.99. The van der Waals surface area contributed by atoms with E-state index in [0.717, 1.165) is 49.3 Å². The first-order valence-electron chi connectivity index (χ1n) is 10.8. The van der Waals surface area contributed by atoms with Crippen molar-refractivity contribution in [3.63, 3.8) is 0 Å². The molecule has 2 aromatic rings. The Bertz CT molecular complexity index is 995. The summed E-state index contributed by atoms with van der Waals surface area (Å²) in [5.41, 5.74) is 0.405. The summed E-state index contributed by atoms with van der Waals surface area (Å²) in [6, 6.07) is 1.74. The minimum absolute atomic E-state index is 0.222. The number of nitrogens with one attached hydrogen (secondary N) is 1. The number of amides is 1. The van der Waals surface area contributed by atoms with E-state index < -0.39 is 29.3 Å². The molecule has 0 saturated carbocycles. The molecule has 0 spiro atoms. The molecule has 5 nitrogen and oxygen atoms in total. The summed E-state index contributed by atoms with van der Waals surface area (Å²) in [7, 11) is 0. The van der Waals surface area contributed by atoms with E-state index in [1.165, 1.54) is 0 Å². The van der Waals surface area contributed by atoms with Gasteiger partial charge in [-0.3, -0.25) is 14.8 Å². The summed E-state index contributed by atoms with van der Waals surface area (Å²) in [5.74, 6) is -4.25. The number of H-pyrrole nitrogens is 1. The maximum Gasteiger partial charge on any atom is 0.419 e. The van der Waals surface area contributed by atoms with Crippen molar-refractivity contribution in [3.8, 4) is 0 Å². The molecule has 1 N–H and O–H groups in total. The molecule has 1 fully saturated rings. The second-order valence-corrected chi connectivity index (χ2v) is 8.45. The smallest absolute Gasteiger partial charge is 0.337 e. The summed E-state index contributed by atoms with van der Waals surface area (Å²) in [5, 5.41) is 7.18. The van der Waals surface area contributed by atoms with E-state index in [-0.39, 0.29) is 37.4 Å². The van der Waals surface area contributed by atoms with Gasteiger partial charge >= 0.3 is 6.18 Å². The minimum Gasteiger partial charge on any atom is -0.337 e. The molecular weight excluding hydrogens is 431 g/mol. The largest absolute Gasteiger partial charge is 0.419 e. The number of aromatic nitrogens is 2. The van der Waals surface area contributed by atoms with Crippen LogP contribution in [-0.4, -0.2) is 52.1 Å². The number of benzene rings is 1. The van der Waals surface area contributed by atoms with Gasteiger partial charge in [0.15, 0.2) is 17.3 Å². The fraction of sp³-hybridized carbons (Fsp3) is 0.545. The molecule has 2 aliphatic rings. The Labute approximate surface area is 182 Å². The molecule has 174 valence electrons. The SMILES string of the molecule is CCCN1CCc2[nH]nc(C(=O)N3CCC(c4ccc(F)c(F)c4C(F)(F)F)CC3)c2C1. The Balaban J connectivity index is 1.49. The molecule has 3 heterocycles. The number of alkyl halides is 3. The van der Waals surface area contributed by atoms with Crippen molar-refractivity contribution >= 4 is 5.91 Å². The lowest BCUT2D eigenvalue weighted by atomic mass is 9.85. The van der Waals surface area contributed by atoms with Gasteiger partial charge in [-0.2, -0.15) is 18.3 Å². The van der Waals surface area contributed by atoms with Gasteiger partial charge in [0.2, 0.25) is 0 Å². The molecule has 1 amide bonds. The Morgan fingerprint density at radius 3 is 2.56 bits per heavy atom. The highest BCUT2D eigenvalue weighted by molar-refractivity contribution is 5.94. The highest BCUT2D eigenvalue weighted by Crippen LogP contribution is 2.41. The molecule has 1 saturated heterocycles. The van der Waals surface area contributed by atoms with E-state index in [2.05, 4.69) is 22.0 Å². The van der Waals surface area contributed by atoms with Crippen LogP contribution >= 0.6 is 0 Å². The van der Waals surface area contributed by atoms with Crippen LogP contribution in [0.4, 0.5) is 22.0 Å². The van der Waals surface area contributed by atoms with Gasteiger partial charge in [0.1, 0.15) is 0 Å². The summed E-state index contributed by atoms with van der Waals surface area (Å²) in [4.78, 5) is 16.9. The van der Waals surface area contributed by atoms with Gasteiger partial charge in [-0.25, -0.2) is 8.78 Å². The van der Waals surface area contributed by atoms with Gasteiger partial charge in [0.05, 0.1) is 5.56 Å². The zero-order chi connectivity index (χ0) is 23.0. The highest BCUT2D eigenvalue weighted by Gasteiger charge is 2.41. The first-order valence-corrected chi connectivity index (χ1v) is 10.8. The Hall–Kier alpha value is -2.49. The number of hydrogen-bond donors (Lipinski definition) is 1. The predicted octanol–water partition coefficient (Wildman–Crippen LogP) is 4.49. The summed E-state index contributed by atoms with van der Waals surface area (Å²) < 4.78 is 67.6. The maximum absolute atomic E-state index is 14.0. The lowest BCUT2D eigenvalue weighted by Crippen LogP contribution is -2.39. The Morgan fingerprint density at radius 1 is 1.19 bits per heavy atom. The van der Waals surface area contributed by atoms with E-state index in [1.807, 2.05) is 0 Å². The molecule has 4 rings (SSSR count). The molecule has 0 unspecified atom stereocenters. The fourth-order valence-corrected chi connectivity index (χ4v) is 4.77. The Kier molecular flexibility index (Phi) is 6.24. The van der Waals surface area contributed by atoms with Crippen LogP contribution in [-0.2, 0) is 19.1 Å². The van der Waals surface area contributed by atoms with Crippen LogP contribution in [0.25, 0.3) is 0 Å². The number of hydrogen-bond acceptors (Lipinski definition) is 3. The van der Waals surface area contributed by atoms with Gasteiger partial charge in [-0.1, -0.05) is 13.0 Å². The molecule has 2 aliphatic heterocycles. The number of piperidine rings is 1. The third-order valence-electron chi connectivity index (χ3n) is 6.39. The van der Waals surface area contributed by atoms with Gasteiger partial charge < -0.3 is 4.90 Å². The van der Waals surface area contributed by atoms with E-state index >= 15 is 0 Å². The molecule has 10 heteroatoms. The van der Waals surface area contributed by atoms with Crippen LogP contribution < -0.4 is 0 Å². The van der Waals surface area contributed by atoms with Crippen molar-refractivity contribution in [2.45, 2.75) is 51.2 Å². The lowest BCUT2D eigenvalue weighted by molar-refractivity contribution is -0.141. The third kappa shape index (κ3) is 4.24. The van der Waals surface area contributed by atoms with Crippen molar-refractivity contribution in [1.82, 2.24) is 20.0 Å². The van der Waals surface area contributed by atoms with E-state index in [0.29, 0.717) is 12.2 Å². The normalized spacial score (nSPS) is 18.1. The van der Waals surface area contributed by atoms with Crippen molar-refractivity contribution in [3.05, 3.63) is 51.8 Å². The molecular formula is C22H25F5N4O. The van der Waals surface area contributed by atoms with E-state index in [9.17, 15) is 26.7 Å². The first-order chi connectivity index (χ1) is 15.2. The fourth-order valence-electron chi connectivity index (χ4n) is 4.77. The lowest BCUT2D eigenvalue weighted by Gasteiger charge is -2.33. The van der Waals surface area contributed by atoms with Crippen molar-refractivity contribution in [1.29, 1.82) is 0 Å². The molecule has 1 aromatic carbocycles. The number of nitrogens with zero attached hydrogens (tertiary/aromatic N) is 3. The van der Waals surface area contributed by atoms with Crippen LogP contribution in [0.2, 0.25) is 0 Å². The molecule has 0 atom stereocenters. The number of carbonyl (C=O) groups excluding carboxylic acids is 1. The van der Waals surface area contributed by atoms with E-state index in [4.69, 9.17) is 0 Å². The highest BCUT2D eigenvalue weighted by atomic mass is 19.4. The number of halogens is 5. The van der Waals surface area contributed by atoms with Crippen LogP contribution in [0.15, 0.2) is 12.1 Å². The quantitative estimate of drug-likeness (QED) is 0.690. The van der Waals surface area contributed by atoms with Crippen LogP contribution in [0.5, 0.6) is 0 Å². The predicted molar refractivity (Wildman–Crippen MR) is 107 cm³/mol. The third-order valence-corrected chi connectivity index (χ3v) is 6.39. The van der Waals surface area contributed by atoms with Gasteiger partial charge in [-0.05, 0) is 43.4 Å². The van der Waals surface area contributed by atoms with Crippen LogP contribution in [0.1, 0.15) is 65.0 Å². The zero-order valence-electron chi connectivity index (χ0n) is 17.7. The topological polar surface area (TPSA) is 52.2 Å². The molecule has 0 aliphatic carbocycles. The first kappa shape index (κ1) is 22.7. The van der Waals surface area contributed by atoms with Crippen molar-refractivity contribution < 1.29 is 26.7 Å². The van der Waals surface area contributed by atoms with Crippen LogP contribution in [0, 0.1) is 11.6 Å². The Morgan fingerprint density at radius 2 is 1.91 bits per heavy atom. The van der Waals surface area contributed by atoms with Gasteiger partial charge in [0, 0.05) is 43.9 Å². The standard InChI is InChI=1S/C22H25F5N4O/c1-2-8-30-9-7-17-15(12-30)20(29-28-17)21(32)31-10-5-13(6-11-31)14-3-4-16(23)19(24)18(14)22(25,26)27/h3-4,13H,2,5-12H2,1H3,(H,28,29). The average molecular weight is 456 g/mol. The number of fused-ring (bicyclic) bond motifs is 1. The second kappa shape index (κ2) is 8.80. The summed E-state index contributed by atoms with van der Waals surface area (Å²) in [6.07, 6.45) is -2.74. The summed E-state index contributed by atoms with van der Waals surface area (Å²) >= 11 is 0. The molecule has 0 radical (unpaired) electrons. The number of rotatable bonds is 4. The second-order valence-electron chi connectivity index (χ2n) is 8.45. The number of likely N-dealkylation sites (tertiary alicyclic amines) is 1. The molecule has 1 aromatic heterocycles. The van der Waals surface area contributed by atoms with Crippen LogP contribution in [0.3, 0.4) is 0 Å². The van der Waals surface area contributed by atoms with E-state index in [1.54, 1.807) is 4.90 Å². The monoisotopic (exact) mass is 456 g/mol. The maximum atomic E-state index is 14.0. The number of carbonyl (C=O) groups is 1. The summed E-state index contributed by atoms with van der Waals surface area (Å²) in [6.45, 7) is 5.01. The van der Waals surface area contributed by atoms with Gasteiger partial charge in [0.25, 0.3) is 5.91 Å². The molecule has 0 bridgehead atoms. The zero-order valence-corrected chi connectivity index (χ0v) is 17.7. The van der Waals surface area contributed by atoms with Gasteiger partial charge in [-0.15, -0.1) is 0 Å². The number of aromatic amines is 1. The van der Waals surface area contributed by atoms with Crippen molar-refractivity contribution in [2.75, 3.05) is 26.2 Å². The van der Waals surface area contributed by atoms with Crippen molar-refractivity contribution in [2.24, 2.45) is 0 Å². The molecule has 32 heavy (non-hydrogen) atoms. The average Bonchev–Trinajstić information content (AvgIpc) is 3.18.